The first kappa shape index (κ1) is 11.9. The molecule has 1 fully saturated rings. The van der Waals surface area contributed by atoms with E-state index in [1.54, 1.807) is 16.5 Å². The van der Waals surface area contributed by atoms with Crippen molar-refractivity contribution in [2.24, 2.45) is 5.92 Å². The molecule has 1 aromatic carbocycles. The Morgan fingerprint density at radius 3 is 3.11 bits per heavy atom. The second kappa shape index (κ2) is 4.32. The summed E-state index contributed by atoms with van der Waals surface area (Å²) in [6.45, 7) is 3.63. The zero-order valence-corrected chi connectivity index (χ0v) is 12.5. The summed E-state index contributed by atoms with van der Waals surface area (Å²) in [6.07, 6.45) is 3.97. The summed E-state index contributed by atoms with van der Waals surface area (Å²) in [6, 6.07) is 7.67. The quantitative estimate of drug-likeness (QED) is 0.748. The number of likely N-dealkylation sites (tertiary alicyclic amines) is 1. The molecular formula is C17H21NS. The second-order valence-electron chi connectivity index (χ2n) is 6.31. The molecule has 100 valence electrons. The first-order valence-corrected chi connectivity index (χ1v) is 8.35. The van der Waals surface area contributed by atoms with Crippen LogP contribution in [0.2, 0.25) is 0 Å². The van der Waals surface area contributed by atoms with Gasteiger partial charge >= 0.3 is 0 Å². The van der Waals surface area contributed by atoms with Crippen molar-refractivity contribution in [1.29, 1.82) is 0 Å². The van der Waals surface area contributed by atoms with E-state index in [0.717, 1.165) is 17.9 Å². The van der Waals surface area contributed by atoms with Crippen LogP contribution in [0.25, 0.3) is 10.1 Å². The number of hydrogen-bond donors (Lipinski definition) is 0. The highest BCUT2D eigenvalue weighted by Crippen LogP contribution is 2.46. The fraction of sp³-hybridized carbons (Fsp3) is 0.529. The van der Waals surface area contributed by atoms with Crippen molar-refractivity contribution in [2.45, 2.75) is 38.1 Å². The van der Waals surface area contributed by atoms with E-state index in [2.05, 4.69) is 42.5 Å². The standard InChI is InChI=1S/C17H21NS/c1-3-11-7-14-13-5-4-6-16-17(13)12(10-19-16)8-15(14)18(2)9-11/h4-6,10-11,14-15H,3,7-9H2,1-2H3/t11?,14?,15-/m1/s1. The average Bonchev–Trinajstić information content (AvgIpc) is 2.85. The van der Waals surface area contributed by atoms with Crippen LogP contribution in [0.4, 0.5) is 0 Å². The normalized spacial score (nSPS) is 30.5. The van der Waals surface area contributed by atoms with Gasteiger partial charge in [-0.05, 0) is 53.8 Å². The van der Waals surface area contributed by atoms with Gasteiger partial charge in [-0.2, -0.15) is 0 Å². The summed E-state index contributed by atoms with van der Waals surface area (Å²) in [5.74, 6) is 1.64. The highest BCUT2D eigenvalue weighted by molar-refractivity contribution is 7.17. The molecule has 2 heterocycles. The summed E-state index contributed by atoms with van der Waals surface area (Å²) in [4.78, 5) is 2.63. The Morgan fingerprint density at radius 1 is 1.37 bits per heavy atom. The third kappa shape index (κ3) is 1.70. The van der Waals surface area contributed by atoms with Crippen LogP contribution in [0, 0.1) is 5.92 Å². The van der Waals surface area contributed by atoms with Gasteiger partial charge in [0.1, 0.15) is 0 Å². The molecule has 4 rings (SSSR count). The smallest absolute Gasteiger partial charge is 0.0348 e. The van der Waals surface area contributed by atoms with Gasteiger partial charge in [0.2, 0.25) is 0 Å². The summed E-state index contributed by atoms with van der Waals surface area (Å²) >= 11 is 1.93. The van der Waals surface area contributed by atoms with Crippen LogP contribution in [0.3, 0.4) is 0 Å². The number of nitrogens with zero attached hydrogens (tertiary/aromatic N) is 1. The van der Waals surface area contributed by atoms with E-state index >= 15 is 0 Å². The summed E-state index contributed by atoms with van der Waals surface area (Å²) in [7, 11) is 2.33. The van der Waals surface area contributed by atoms with Crippen LogP contribution in [0.5, 0.6) is 0 Å². The maximum Gasteiger partial charge on any atom is 0.0348 e. The minimum absolute atomic E-state index is 0.732. The second-order valence-corrected chi connectivity index (χ2v) is 7.22. The van der Waals surface area contributed by atoms with Crippen molar-refractivity contribution >= 4 is 21.4 Å². The third-order valence-electron chi connectivity index (χ3n) is 5.28. The number of thiophene rings is 1. The fourth-order valence-corrected chi connectivity index (χ4v) is 5.24. The molecule has 2 heteroatoms. The first-order chi connectivity index (χ1) is 9.28. The third-order valence-corrected chi connectivity index (χ3v) is 6.27. The van der Waals surface area contributed by atoms with E-state index in [1.165, 1.54) is 30.5 Å². The molecule has 1 nitrogen and oxygen atoms in total. The Kier molecular flexibility index (Phi) is 2.71. The first-order valence-electron chi connectivity index (χ1n) is 7.47. The van der Waals surface area contributed by atoms with E-state index in [0.29, 0.717) is 0 Å². The van der Waals surface area contributed by atoms with Crippen molar-refractivity contribution < 1.29 is 0 Å². The Bertz CT molecular complexity index is 615. The van der Waals surface area contributed by atoms with Crippen LogP contribution in [-0.4, -0.2) is 24.5 Å². The molecule has 1 aliphatic heterocycles. The molecule has 0 spiro atoms. The predicted molar refractivity (Wildman–Crippen MR) is 83.1 cm³/mol. The maximum absolute atomic E-state index is 2.63. The van der Waals surface area contributed by atoms with E-state index in [1.807, 2.05) is 11.3 Å². The predicted octanol–water partition coefficient (Wildman–Crippen LogP) is 4.27. The molecule has 0 amide bonds. The van der Waals surface area contributed by atoms with Gasteiger partial charge in [0.05, 0.1) is 0 Å². The SMILES string of the molecule is CCC1CC2c3cccc4scc(c34)C[C@H]2N(C)C1. The largest absolute Gasteiger partial charge is 0.302 e. The van der Waals surface area contributed by atoms with Gasteiger partial charge in [0.15, 0.2) is 0 Å². The zero-order chi connectivity index (χ0) is 13.0. The van der Waals surface area contributed by atoms with Gasteiger partial charge in [-0.15, -0.1) is 11.3 Å². The summed E-state index contributed by atoms with van der Waals surface area (Å²) < 4.78 is 1.49. The minimum atomic E-state index is 0.732. The number of likely N-dealkylation sites (N-methyl/N-ethyl adjacent to an activating group) is 1. The van der Waals surface area contributed by atoms with Crippen molar-refractivity contribution in [3.8, 4) is 0 Å². The molecule has 0 bridgehead atoms. The lowest BCUT2D eigenvalue weighted by atomic mass is 9.72. The number of benzene rings is 1. The summed E-state index contributed by atoms with van der Waals surface area (Å²) in [5.41, 5.74) is 3.23. The number of piperidine rings is 1. The molecule has 1 aromatic heterocycles. The monoisotopic (exact) mass is 271 g/mol. The average molecular weight is 271 g/mol. The fourth-order valence-electron chi connectivity index (χ4n) is 4.24. The molecule has 0 saturated carbocycles. The van der Waals surface area contributed by atoms with Crippen LogP contribution < -0.4 is 0 Å². The summed E-state index contributed by atoms with van der Waals surface area (Å²) in [5, 5.41) is 3.99. The van der Waals surface area contributed by atoms with Crippen molar-refractivity contribution in [1.82, 2.24) is 4.90 Å². The maximum atomic E-state index is 2.63. The molecule has 1 saturated heterocycles. The van der Waals surface area contributed by atoms with E-state index in [4.69, 9.17) is 0 Å². The molecule has 2 aromatic rings. The van der Waals surface area contributed by atoms with Crippen LogP contribution in [0.1, 0.15) is 36.8 Å². The highest BCUT2D eigenvalue weighted by Gasteiger charge is 2.38. The van der Waals surface area contributed by atoms with Gasteiger partial charge < -0.3 is 4.90 Å². The molecule has 3 atom stereocenters. The van der Waals surface area contributed by atoms with Crippen molar-refractivity contribution in [3.63, 3.8) is 0 Å². The van der Waals surface area contributed by atoms with Gasteiger partial charge in [-0.1, -0.05) is 25.5 Å². The van der Waals surface area contributed by atoms with Crippen LogP contribution in [0.15, 0.2) is 23.6 Å². The molecule has 0 N–H and O–H groups in total. The molecule has 2 aliphatic rings. The lowest BCUT2D eigenvalue weighted by Gasteiger charge is -2.45. The molecule has 0 radical (unpaired) electrons. The van der Waals surface area contributed by atoms with Crippen LogP contribution >= 0.6 is 11.3 Å². The lowest BCUT2D eigenvalue weighted by Crippen LogP contribution is -2.47. The minimum Gasteiger partial charge on any atom is -0.302 e. The Labute approximate surface area is 119 Å². The molecule has 1 aliphatic carbocycles. The number of rotatable bonds is 1. The number of hydrogen-bond acceptors (Lipinski definition) is 2. The zero-order valence-electron chi connectivity index (χ0n) is 11.7. The van der Waals surface area contributed by atoms with Gasteiger partial charge in [-0.3, -0.25) is 0 Å². The topological polar surface area (TPSA) is 3.24 Å². The molecular weight excluding hydrogens is 250 g/mol. The molecule has 2 unspecified atom stereocenters. The van der Waals surface area contributed by atoms with E-state index < -0.39 is 0 Å². The highest BCUT2D eigenvalue weighted by atomic mass is 32.1. The van der Waals surface area contributed by atoms with Crippen molar-refractivity contribution in [3.05, 3.63) is 34.7 Å². The Hall–Kier alpha value is -0.860. The van der Waals surface area contributed by atoms with E-state index in [-0.39, 0.29) is 0 Å². The van der Waals surface area contributed by atoms with Crippen molar-refractivity contribution in [2.75, 3.05) is 13.6 Å². The Morgan fingerprint density at radius 2 is 2.26 bits per heavy atom. The molecule has 19 heavy (non-hydrogen) atoms. The van der Waals surface area contributed by atoms with Gasteiger partial charge in [0.25, 0.3) is 0 Å². The number of fused-ring (bicyclic) bond motifs is 2. The van der Waals surface area contributed by atoms with E-state index in [9.17, 15) is 0 Å². The van der Waals surface area contributed by atoms with Gasteiger partial charge in [-0.25, -0.2) is 0 Å². The Balaban J connectivity index is 1.86. The lowest BCUT2D eigenvalue weighted by molar-refractivity contribution is 0.110. The van der Waals surface area contributed by atoms with Crippen LogP contribution in [-0.2, 0) is 6.42 Å². The van der Waals surface area contributed by atoms with Gasteiger partial charge in [0, 0.05) is 23.2 Å².